The molecule has 0 saturated heterocycles. The molecule has 0 saturated carbocycles. The summed E-state index contributed by atoms with van der Waals surface area (Å²) in [6.45, 7) is 0. The largest absolute Gasteiger partial charge is 0.355 e. The average molecular weight is 187 g/mol. The van der Waals surface area contributed by atoms with Crippen molar-refractivity contribution in [2.75, 3.05) is 7.05 Å². The van der Waals surface area contributed by atoms with E-state index in [-0.39, 0.29) is 6.17 Å². The zero-order chi connectivity index (χ0) is 9.97. The van der Waals surface area contributed by atoms with Crippen molar-refractivity contribution >= 4 is 5.71 Å². The molecular formula is C9H9N5. The molecule has 5 heteroatoms. The summed E-state index contributed by atoms with van der Waals surface area (Å²) in [5.74, 6) is 0. The molecule has 0 amide bonds. The van der Waals surface area contributed by atoms with Crippen molar-refractivity contribution in [3.8, 4) is 6.07 Å². The minimum Gasteiger partial charge on any atom is -0.355 e. The van der Waals surface area contributed by atoms with E-state index in [0.29, 0.717) is 5.71 Å². The second kappa shape index (κ2) is 3.34. The SMILES string of the molecule is CN1C=CC(C#N)=NC1c1cn[nH]c1. The number of aromatic amines is 1. The van der Waals surface area contributed by atoms with Crippen molar-refractivity contribution in [1.29, 1.82) is 5.26 Å². The third kappa shape index (κ3) is 1.38. The van der Waals surface area contributed by atoms with Crippen molar-refractivity contribution in [2.24, 2.45) is 4.99 Å². The molecule has 1 unspecified atom stereocenters. The lowest BCUT2D eigenvalue weighted by Crippen LogP contribution is -2.21. The number of aromatic nitrogens is 2. The molecule has 70 valence electrons. The number of allylic oxidation sites excluding steroid dienone is 1. The first kappa shape index (κ1) is 8.51. The summed E-state index contributed by atoms with van der Waals surface area (Å²) in [6, 6.07) is 2.02. The molecule has 0 spiro atoms. The van der Waals surface area contributed by atoms with Gasteiger partial charge < -0.3 is 4.90 Å². The van der Waals surface area contributed by atoms with Crippen LogP contribution in [0, 0.1) is 11.3 Å². The van der Waals surface area contributed by atoms with Gasteiger partial charge in [-0.05, 0) is 6.08 Å². The van der Waals surface area contributed by atoms with Gasteiger partial charge in [0.25, 0.3) is 0 Å². The quantitative estimate of drug-likeness (QED) is 0.708. The molecule has 2 rings (SSSR count). The van der Waals surface area contributed by atoms with Gasteiger partial charge >= 0.3 is 0 Å². The van der Waals surface area contributed by atoms with Crippen LogP contribution in [0.4, 0.5) is 0 Å². The maximum atomic E-state index is 8.72. The van der Waals surface area contributed by atoms with Crippen LogP contribution in [-0.2, 0) is 0 Å². The fourth-order valence-electron chi connectivity index (χ4n) is 1.31. The van der Waals surface area contributed by atoms with E-state index in [1.807, 2.05) is 24.2 Å². The Bertz CT molecular complexity index is 409. The van der Waals surface area contributed by atoms with Gasteiger partial charge in [-0.3, -0.25) is 5.10 Å². The van der Waals surface area contributed by atoms with E-state index < -0.39 is 0 Å². The molecule has 0 bridgehead atoms. The van der Waals surface area contributed by atoms with Crippen LogP contribution in [0.1, 0.15) is 11.7 Å². The van der Waals surface area contributed by atoms with Gasteiger partial charge in [-0.15, -0.1) is 0 Å². The molecule has 0 aromatic carbocycles. The average Bonchev–Trinajstić information content (AvgIpc) is 2.71. The third-order valence-corrected chi connectivity index (χ3v) is 2.05. The lowest BCUT2D eigenvalue weighted by molar-refractivity contribution is 0.344. The normalized spacial score (nSPS) is 20.4. The molecule has 14 heavy (non-hydrogen) atoms. The zero-order valence-corrected chi connectivity index (χ0v) is 7.68. The van der Waals surface area contributed by atoms with Gasteiger partial charge in [0.15, 0.2) is 6.17 Å². The number of hydrogen-bond donors (Lipinski definition) is 1. The van der Waals surface area contributed by atoms with E-state index in [1.165, 1.54) is 0 Å². The smallest absolute Gasteiger partial charge is 0.151 e. The van der Waals surface area contributed by atoms with Crippen molar-refractivity contribution in [2.45, 2.75) is 6.17 Å². The van der Waals surface area contributed by atoms with Crippen LogP contribution in [0.15, 0.2) is 29.7 Å². The summed E-state index contributed by atoms with van der Waals surface area (Å²) < 4.78 is 0. The minimum atomic E-state index is -0.145. The molecule has 2 heterocycles. The number of nitrogens with one attached hydrogen (secondary N) is 1. The zero-order valence-electron chi connectivity index (χ0n) is 7.68. The molecule has 1 N–H and O–H groups in total. The van der Waals surface area contributed by atoms with E-state index in [4.69, 9.17) is 5.26 Å². The van der Waals surface area contributed by atoms with Gasteiger partial charge in [0, 0.05) is 25.0 Å². The molecule has 1 atom stereocenters. The Morgan fingerprint density at radius 3 is 3.14 bits per heavy atom. The van der Waals surface area contributed by atoms with E-state index in [2.05, 4.69) is 15.2 Å². The van der Waals surface area contributed by atoms with Crippen LogP contribution < -0.4 is 0 Å². The third-order valence-electron chi connectivity index (χ3n) is 2.05. The van der Waals surface area contributed by atoms with E-state index >= 15 is 0 Å². The standard InChI is InChI=1S/C9H9N5/c1-14-3-2-8(4-10)13-9(14)7-5-11-12-6-7/h2-3,5-6,9H,1H3,(H,11,12). The second-order valence-corrected chi connectivity index (χ2v) is 3.01. The van der Waals surface area contributed by atoms with E-state index in [9.17, 15) is 0 Å². The Morgan fingerprint density at radius 1 is 1.64 bits per heavy atom. The first-order valence-electron chi connectivity index (χ1n) is 4.18. The summed E-state index contributed by atoms with van der Waals surface area (Å²) in [4.78, 5) is 6.18. The summed E-state index contributed by atoms with van der Waals surface area (Å²) in [6.07, 6.45) is 6.87. The number of nitrogens with zero attached hydrogens (tertiary/aromatic N) is 4. The molecule has 0 radical (unpaired) electrons. The molecule has 0 fully saturated rings. The Morgan fingerprint density at radius 2 is 2.50 bits per heavy atom. The number of hydrogen-bond acceptors (Lipinski definition) is 4. The highest BCUT2D eigenvalue weighted by atomic mass is 15.2. The number of aliphatic imine (C=N–C) groups is 1. The molecule has 1 aliphatic heterocycles. The van der Waals surface area contributed by atoms with Crippen LogP contribution in [-0.4, -0.2) is 27.9 Å². The van der Waals surface area contributed by atoms with Gasteiger partial charge in [-0.2, -0.15) is 10.4 Å². The molecular weight excluding hydrogens is 178 g/mol. The van der Waals surface area contributed by atoms with E-state index in [0.717, 1.165) is 5.56 Å². The monoisotopic (exact) mass is 187 g/mol. The second-order valence-electron chi connectivity index (χ2n) is 3.01. The summed E-state index contributed by atoms with van der Waals surface area (Å²) in [5, 5.41) is 15.3. The lowest BCUT2D eigenvalue weighted by Gasteiger charge is -2.24. The van der Waals surface area contributed by atoms with Crippen LogP contribution in [0.2, 0.25) is 0 Å². The Labute approximate surface area is 81.4 Å². The highest BCUT2D eigenvalue weighted by Crippen LogP contribution is 2.22. The number of nitriles is 1. The molecule has 1 aromatic rings. The fraction of sp³-hybridized carbons (Fsp3) is 0.222. The van der Waals surface area contributed by atoms with Crippen molar-refractivity contribution < 1.29 is 0 Å². The van der Waals surface area contributed by atoms with Crippen LogP contribution in [0.3, 0.4) is 0 Å². The summed E-state index contributed by atoms with van der Waals surface area (Å²) >= 11 is 0. The molecule has 1 aliphatic rings. The van der Waals surface area contributed by atoms with Crippen molar-refractivity contribution in [3.05, 3.63) is 30.2 Å². The fourth-order valence-corrected chi connectivity index (χ4v) is 1.31. The van der Waals surface area contributed by atoms with Crippen LogP contribution in [0.25, 0.3) is 0 Å². The first-order valence-corrected chi connectivity index (χ1v) is 4.18. The molecule has 1 aromatic heterocycles. The number of H-pyrrole nitrogens is 1. The summed E-state index contributed by atoms with van der Waals surface area (Å²) in [5.41, 5.74) is 1.39. The van der Waals surface area contributed by atoms with Crippen molar-refractivity contribution in [3.63, 3.8) is 0 Å². The van der Waals surface area contributed by atoms with E-state index in [1.54, 1.807) is 18.5 Å². The topological polar surface area (TPSA) is 68.1 Å². The molecule has 0 aliphatic carbocycles. The Hall–Kier alpha value is -2.09. The van der Waals surface area contributed by atoms with Gasteiger partial charge in [0.05, 0.1) is 6.20 Å². The highest BCUT2D eigenvalue weighted by Gasteiger charge is 2.17. The predicted molar refractivity (Wildman–Crippen MR) is 51.3 cm³/mol. The Balaban J connectivity index is 2.32. The molecule has 5 nitrogen and oxygen atoms in total. The predicted octanol–water partition coefficient (Wildman–Crippen LogP) is 0.832. The maximum Gasteiger partial charge on any atom is 0.151 e. The van der Waals surface area contributed by atoms with Gasteiger partial charge in [0.2, 0.25) is 0 Å². The Kier molecular flexibility index (Phi) is 2.03. The lowest BCUT2D eigenvalue weighted by atomic mass is 10.2. The van der Waals surface area contributed by atoms with Gasteiger partial charge in [-0.1, -0.05) is 0 Å². The highest BCUT2D eigenvalue weighted by molar-refractivity contribution is 6.07. The minimum absolute atomic E-state index is 0.145. The van der Waals surface area contributed by atoms with Crippen LogP contribution >= 0.6 is 0 Å². The maximum absolute atomic E-state index is 8.72. The number of rotatable bonds is 1. The van der Waals surface area contributed by atoms with Crippen molar-refractivity contribution in [1.82, 2.24) is 15.1 Å². The van der Waals surface area contributed by atoms with Gasteiger partial charge in [-0.25, -0.2) is 4.99 Å². The van der Waals surface area contributed by atoms with Gasteiger partial charge in [0.1, 0.15) is 11.8 Å². The van der Waals surface area contributed by atoms with Crippen LogP contribution in [0.5, 0.6) is 0 Å². The summed E-state index contributed by atoms with van der Waals surface area (Å²) in [7, 11) is 1.91. The first-order chi connectivity index (χ1) is 6.81.